The lowest BCUT2D eigenvalue weighted by molar-refractivity contribution is -0.138. The van der Waals surface area contributed by atoms with Gasteiger partial charge in [0.15, 0.2) is 0 Å². The number of thioether (sulfide) groups is 1. The summed E-state index contributed by atoms with van der Waals surface area (Å²) in [4.78, 5) is 0. The van der Waals surface area contributed by atoms with Gasteiger partial charge in [0.2, 0.25) is 5.16 Å². The highest BCUT2D eigenvalue weighted by atomic mass is 35.5. The number of tetrazole rings is 1. The van der Waals surface area contributed by atoms with E-state index < -0.39 is 11.7 Å². The van der Waals surface area contributed by atoms with E-state index in [9.17, 15) is 13.2 Å². The van der Waals surface area contributed by atoms with Crippen molar-refractivity contribution in [3.63, 3.8) is 0 Å². The zero-order valence-corrected chi connectivity index (χ0v) is 16.3. The van der Waals surface area contributed by atoms with Crippen LogP contribution in [0.3, 0.4) is 0 Å². The molecule has 150 valence electrons. The van der Waals surface area contributed by atoms with Crippen LogP contribution < -0.4 is 17.7 Å². The third-order valence-electron chi connectivity index (χ3n) is 3.81. The number of aromatic nitrogens is 4. The molecule has 0 aliphatic carbocycles. The van der Waals surface area contributed by atoms with Gasteiger partial charge in [-0.2, -0.15) is 17.9 Å². The quantitative estimate of drug-likeness (QED) is 0.428. The molecule has 1 N–H and O–H groups in total. The number of hydrogen-bond donors (Lipinski definition) is 1. The molecule has 0 saturated carbocycles. The van der Waals surface area contributed by atoms with Crippen molar-refractivity contribution in [2.45, 2.75) is 24.3 Å². The zero-order valence-electron chi connectivity index (χ0n) is 14.7. The fraction of sp³-hybridized carbons (Fsp3) is 0.278. The lowest BCUT2D eigenvalue weighted by Gasteiger charge is -2.13. The molecule has 0 radical (unpaired) electrons. The third-order valence-corrected chi connectivity index (χ3v) is 4.81. The van der Waals surface area contributed by atoms with Crippen molar-refractivity contribution in [1.29, 1.82) is 0 Å². The van der Waals surface area contributed by atoms with Gasteiger partial charge in [0, 0.05) is 12.3 Å². The van der Waals surface area contributed by atoms with E-state index >= 15 is 0 Å². The number of hydrogen-bond acceptors (Lipinski definition) is 5. The predicted molar refractivity (Wildman–Crippen MR) is 97.6 cm³/mol. The zero-order chi connectivity index (χ0) is 19.1. The van der Waals surface area contributed by atoms with Gasteiger partial charge in [-0.1, -0.05) is 48.2 Å². The number of nitrogens with zero attached hydrogens (tertiary/aromatic N) is 4. The summed E-state index contributed by atoms with van der Waals surface area (Å²) in [6, 6.07) is 15.2. The van der Waals surface area contributed by atoms with Gasteiger partial charge in [0.1, 0.15) is 0 Å². The average Bonchev–Trinajstić information content (AvgIpc) is 3.13. The van der Waals surface area contributed by atoms with E-state index in [1.54, 1.807) is 10.7 Å². The molecule has 2 aromatic carbocycles. The summed E-state index contributed by atoms with van der Waals surface area (Å²) in [5.74, 6) is 0.751. The number of benzene rings is 2. The maximum Gasteiger partial charge on any atom is 0.416 e. The van der Waals surface area contributed by atoms with Gasteiger partial charge in [-0.25, -0.2) is 0 Å². The van der Waals surface area contributed by atoms with Gasteiger partial charge in [-0.3, -0.25) is 0 Å². The molecular formula is C18H18ClF3N5S-. The van der Waals surface area contributed by atoms with Gasteiger partial charge >= 0.3 is 6.18 Å². The summed E-state index contributed by atoms with van der Waals surface area (Å²) in [5.41, 5.74) is 0.548. The van der Waals surface area contributed by atoms with Crippen LogP contribution in [0.1, 0.15) is 17.5 Å². The topological polar surface area (TPSA) is 55.6 Å². The highest BCUT2D eigenvalue weighted by molar-refractivity contribution is 7.99. The normalized spacial score (nSPS) is 11.2. The Bertz CT molecular complexity index is 858. The molecule has 10 heteroatoms. The van der Waals surface area contributed by atoms with Crippen LogP contribution >= 0.6 is 11.8 Å². The molecule has 1 heterocycles. The van der Waals surface area contributed by atoms with E-state index in [1.165, 1.54) is 23.9 Å². The van der Waals surface area contributed by atoms with E-state index in [2.05, 4.69) is 20.8 Å². The Morgan fingerprint density at radius 3 is 2.46 bits per heavy atom. The first-order valence-electron chi connectivity index (χ1n) is 8.38. The number of alkyl halides is 3. The summed E-state index contributed by atoms with van der Waals surface area (Å²) < 4.78 is 40.5. The Labute approximate surface area is 171 Å². The molecule has 0 atom stereocenters. The van der Waals surface area contributed by atoms with Gasteiger partial charge < -0.3 is 17.7 Å². The van der Waals surface area contributed by atoms with E-state index in [4.69, 9.17) is 0 Å². The minimum atomic E-state index is -4.33. The molecule has 0 bridgehead atoms. The first kappa shape index (κ1) is 22.2. The van der Waals surface area contributed by atoms with Gasteiger partial charge in [0.05, 0.1) is 11.3 Å². The largest absolute Gasteiger partial charge is 1.00 e. The maximum atomic E-state index is 13.0. The second kappa shape index (κ2) is 10.4. The Balaban J connectivity index is 0.00000280. The summed E-state index contributed by atoms with van der Waals surface area (Å²) in [7, 11) is 0. The predicted octanol–water partition coefficient (Wildman–Crippen LogP) is 0.957. The van der Waals surface area contributed by atoms with Crippen LogP contribution in [0, 0.1) is 0 Å². The number of rotatable bonds is 8. The van der Waals surface area contributed by atoms with Crippen LogP contribution in [-0.4, -0.2) is 32.5 Å². The third kappa shape index (κ3) is 5.95. The summed E-state index contributed by atoms with van der Waals surface area (Å²) in [5, 5.41) is 15.5. The fourth-order valence-electron chi connectivity index (χ4n) is 2.53. The molecular weight excluding hydrogens is 411 g/mol. The van der Waals surface area contributed by atoms with Crippen molar-refractivity contribution < 1.29 is 25.6 Å². The molecule has 28 heavy (non-hydrogen) atoms. The fourth-order valence-corrected chi connectivity index (χ4v) is 3.36. The van der Waals surface area contributed by atoms with Crippen LogP contribution in [0.4, 0.5) is 13.2 Å². The van der Waals surface area contributed by atoms with Crippen LogP contribution in [-0.2, 0) is 12.7 Å². The number of nitrogens with one attached hydrogen (secondary N) is 1. The van der Waals surface area contributed by atoms with E-state index in [-0.39, 0.29) is 24.5 Å². The maximum absolute atomic E-state index is 13.0. The van der Waals surface area contributed by atoms with Crippen molar-refractivity contribution >= 4 is 11.8 Å². The average molecular weight is 429 g/mol. The molecule has 5 nitrogen and oxygen atoms in total. The molecule has 3 aromatic rings. The molecule has 1 aromatic heterocycles. The molecule has 0 saturated heterocycles. The van der Waals surface area contributed by atoms with Crippen LogP contribution in [0.2, 0.25) is 0 Å². The van der Waals surface area contributed by atoms with Crippen molar-refractivity contribution in [2.24, 2.45) is 0 Å². The standard InChI is InChI=1S/C18H18F3N5S.ClH/c19-18(20,21)16-10-5-4-7-14(16)13-22-11-6-12-27-17-23-24-25-26(17)15-8-2-1-3-9-15;/h1-5,7-10,22H,6,11-13H2;1H/p-1. The minimum absolute atomic E-state index is 0. The lowest BCUT2D eigenvalue weighted by Crippen LogP contribution is -3.00. The molecule has 0 fully saturated rings. The Morgan fingerprint density at radius 2 is 1.71 bits per heavy atom. The first-order valence-corrected chi connectivity index (χ1v) is 9.36. The van der Waals surface area contributed by atoms with Crippen LogP contribution in [0.15, 0.2) is 59.8 Å². The molecule has 0 unspecified atom stereocenters. The van der Waals surface area contributed by atoms with E-state index in [1.807, 2.05) is 30.3 Å². The Kier molecular flexibility index (Phi) is 8.28. The van der Waals surface area contributed by atoms with Crippen molar-refractivity contribution in [3.8, 4) is 5.69 Å². The number of para-hydroxylation sites is 1. The van der Waals surface area contributed by atoms with Gasteiger partial charge in [-0.15, -0.1) is 5.10 Å². The van der Waals surface area contributed by atoms with Crippen LogP contribution in [0.25, 0.3) is 5.69 Å². The molecule has 0 aliphatic rings. The second-order valence-corrected chi connectivity index (χ2v) is 6.80. The minimum Gasteiger partial charge on any atom is -1.00 e. The van der Waals surface area contributed by atoms with Crippen LogP contribution in [0.5, 0.6) is 0 Å². The van der Waals surface area contributed by atoms with Crippen molar-refractivity contribution in [1.82, 2.24) is 25.5 Å². The molecule has 3 rings (SSSR count). The molecule has 0 amide bonds. The molecule has 0 aliphatic heterocycles. The number of halogens is 4. The Morgan fingerprint density at radius 1 is 1.00 bits per heavy atom. The summed E-state index contributed by atoms with van der Waals surface area (Å²) in [6.45, 7) is 0.786. The summed E-state index contributed by atoms with van der Waals surface area (Å²) in [6.07, 6.45) is -3.55. The van der Waals surface area contributed by atoms with Gasteiger partial charge in [0.25, 0.3) is 0 Å². The second-order valence-electron chi connectivity index (χ2n) is 5.74. The SMILES string of the molecule is FC(F)(F)c1ccccc1CNCCCSc1nnnn1-c1ccccc1.[Cl-]. The molecule has 0 spiro atoms. The lowest BCUT2D eigenvalue weighted by atomic mass is 10.1. The van der Waals surface area contributed by atoms with E-state index in [0.29, 0.717) is 11.7 Å². The smallest absolute Gasteiger partial charge is 0.416 e. The highest BCUT2D eigenvalue weighted by Crippen LogP contribution is 2.31. The summed E-state index contributed by atoms with van der Waals surface area (Å²) >= 11 is 1.51. The monoisotopic (exact) mass is 428 g/mol. The van der Waals surface area contributed by atoms with Crippen molar-refractivity contribution in [2.75, 3.05) is 12.3 Å². The van der Waals surface area contributed by atoms with Gasteiger partial charge in [-0.05, 0) is 47.2 Å². The van der Waals surface area contributed by atoms with E-state index in [0.717, 1.165) is 23.9 Å². The Hall–Kier alpha value is -2.10. The first-order chi connectivity index (χ1) is 13.1. The highest BCUT2D eigenvalue weighted by Gasteiger charge is 2.32. The van der Waals surface area contributed by atoms with Crippen molar-refractivity contribution in [3.05, 3.63) is 65.7 Å².